The summed E-state index contributed by atoms with van der Waals surface area (Å²) < 4.78 is 5.43. The topological polar surface area (TPSA) is 29.5 Å². The van der Waals surface area contributed by atoms with Crippen molar-refractivity contribution in [2.45, 2.75) is 52.1 Å². The second-order valence-electron chi connectivity index (χ2n) is 6.32. The van der Waals surface area contributed by atoms with E-state index in [-0.39, 0.29) is 0 Å². The van der Waals surface area contributed by atoms with Crippen LogP contribution in [0.5, 0.6) is 5.75 Å². The maximum absolute atomic E-state index is 11.0. The lowest BCUT2D eigenvalue weighted by Crippen LogP contribution is -2.33. The van der Waals surface area contributed by atoms with Gasteiger partial charge in [-0.25, -0.2) is 0 Å². The van der Waals surface area contributed by atoms with Gasteiger partial charge in [-0.05, 0) is 56.6 Å². The van der Waals surface area contributed by atoms with Gasteiger partial charge in [-0.3, -0.25) is 0 Å². The first-order valence-electron chi connectivity index (χ1n) is 7.34. The molecule has 19 heavy (non-hydrogen) atoms. The van der Waals surface area contributed by atoms with Gasteiger partial charge in [-0.1, -0.05) is 25.5 Å². The van der Waals surface area contributed by atoms with Crippen LogP contribution in [0.15, 0.2) is 18.2 Å². The van der Waals surface area contributed by atoms with Crippen molar-refractivity contribution in [1.29, 1.82) is 0 Å². The number of aliphatic hydroxyl groups is 1. The molecule has 1 aromatic carbocycles. The molecule has 0 saturated heterocycles. The Hall–Kier alpha value is -1.02. The highest BCUT2D eigenvalue weighted by atomic mass is 16.5. The zero-order valence-electron chi connectivity index (χ0n) is 12.6. The molecule has 1 fully saturated rings. The van der Waals surface area contributed by atoms with E-state index < -0.39 is 5.60 Å². The summed E-state index contributed by atoms with van der Waals surface area (Å²) in [5, 5.41) is 11.0. The molecule has 0 aromatic heterocycles. The van der Waals surface area contributed by atoms with E-state index in [9.17, 15) is 5.11 Å². The summed E-state index contributed by atoms with van der Waals surface area (Å²) in [5.41, 5.74) is 1.44. The zero-order valence-corrected chi connectivity index (χ0v) is 12.6. The van der Waals surface area contributed by atoms with Crippen molar-refractivity contribution >= 4 is 0 Å². The molecule has 1 N–H and O–H groups in total. The van der Waals surface area contributed by atoms with E-state index in [4.69, 9.17) is 4.74 Å². The smallest absolute Gasteiger partial charge is 0.124 e. The summed E-state index contributed by atoms with van der Waals surface area (Å²) in [6.07, 6.45) is 3.89. The number of methoxy groups -OCH3 is 1. The second kappa shape index (κ2) is 5.54. The molecule has 0 spiro atoms. The van der Waals surface area contributed by atoms with Gasteiger partial charge in [-0.15, -0.1) is 0 Å². The maximum Gasteiger partial charge on any atom is 0.124 e. The van der Waals surface area contributed by atoms with Crippen molar-refractivity contribution in [3.8, 4) is 5.75 Å². The third kappa shape index (κ3) is 2.94. The third-order valence-electron chi connectivity index (χ3n) is 4.66. The molecule has 0 heterocycles. The Morgan fingerprint density at radius 3 is 2.42 bits per heavy atom. The molecule has 0 bridgehead atoms. The van der Waals surface area contributed by atoms with Gasteiger partial charge >= 0.3 is 0 Å². The number of hydrogen-bond donors (Lipinski definition) is 1. The fraction of sp³-hybridized carbons (Fsp3) is 0.647. The van der Waals surface area contributed by atoms with Crippen LogP contribution in [0.4, 0.5) is 0 Å². The van der Waals surface area contributed by atoms with Crippen LogP contribution in [-0.4, -0.2) is 12.2 Å². The second-order valence-corrected chi connectivity index (χ2v) is 6.32. The molecule has 2 nitrogen and oxygen atoms in total. The van der Waals surface area contributed by atoms with Crippen molar-refractivity contribution in [3.63, 3.8) is 0 Å². The Morgan fingerprint density at radius 1 is 1.26 bits per heavy atom. The van der Waals surface area contributed by atoms with E-state index in [1.165, 1.54) is 5.56 Å². The molecule has 0 aliphatic heterocycles. The van der Waals surface area contributed by atoms with Crippen LogP contribution in [0.3, 0.4) is 0 Å². The summed E-state index contributed by atoms with van der Waals surface area (Å²) in [4.78, 5) is 0. The molecule has 1 aliphatic rings. The molecule has 2 heteroatoms. The molecule has 1 aliphatic carbocycles. The van der Waals surface area contributed by atoms with Gasteiger partial charge in [0.1, 0.15) is 5.75 Å². The monoisotopic (exact) mass is 262 g/mol. The molecule has 1 aromatic rings. The van der Waals surface area contributed by atoms with Gasteiger partial charge in [0, 0.05) is 5.56 Å². The summed E-state index contributed by atoms with van der Waals surface area (Å²) >= 11 is 0. The van der Waals surface area contributed by atoms with Crippen molar-refractivity contribution in [1.82, 2.24) is 0 Å². The largest absolute Gasteiger partial charge is 0.496 e. The van der Waals surface area contributed by atoms with E-state index in [1.807, 2.05) is 12.1 Å². The molecule has 2 rings (SSSR count). The number of ether oxygens (including phenoxy) is 1. The molecule has 0 amide bonds. The van der Waals surface area contributed by atoms with Crippen molar-refractivity contribution in [2.24, 2.45) is 11.8 Å². The fourth-order valence-electron chi connectivity index (χ4n) is 3.24. The zero-order chi connectivity index (χ0) is 14.0. The van der Waals surface area contributed by atoms with Gasteiger partial charge in [0.2, 0.25) is 0 Å². The number of rotatable bonds is 3. The molecule has 0 radical (unpaired) electrons. The predicted octanol–water partition coefficient (Wildman–Crippen LogP) is 4.04. The SMILES string of the molecule is COc1ccc(C)cc1C1(O)CCC(C(C)C)CC1. The predicted molar refractivity (Wildman–Crippen MR) is 78.4 cm³/mol. The van der Waals surface area contributed by atoms with Crippen molar-refractivity contribution < 1.29 is 9.84 Å². The van der Waals surface area contributed by atoms with E-state index in [2.05, 4.69) is 26.8 Å². The van der Waals surface area contributed by atoms with Crippen molar-refractivity contribution in [3.05, 3.63) is 29.3 Å². The van der Waals surface area contributed by atoms with Crippen LogP contribution < -0.4 is 4.74 Å². The van der Waals surface area contributed by atoms with E-state index >= 15 is 0 Å². The van der Waals surface area contributed by atoms with Gasteiger partial charge in [0.05, 0.1) is 12.7 Å². The average molecular weight is 262 g/mol. The number of benzene rings is 1. The van der Waals surface area contributed by atoms with Gasteiger partial charge < -0.3 is 9.84 Å². The highest BCUT2D eigenvalue weighted by molar-refractivity contribution is 5.41. The molecule has 106 valence electrons. The first-order chi connectivity index (χ1) is 8.96. The lowest BCUT2D eigenvalue weighted by molar-refractivity contribution is -0.0216. The van der Waals surface area contributed by atoms with Gasteiger partial charge in [0.15, 0.2) is 0 Å². The summed E-state index contributed by atoms with van der Waals surface area (Å²) in [6.45, 7) is 6.62. The maximum atomic E-state index is 11.0. The van der Waals surface area contributed by atoms with Crippen LogP contribution in [0.25, 0.3) is 0 Å². The van der Waals surface area contributed by atoms with Crippen LogP contribution >= 0.6 is 0 Å². The van der Waals surface area contributed by atoms with Gasteiger partial charge in [0.25, 0.3) is 0 Å². The summed E-state index contributed by atoms with van der Waals surface area (Å²) in [5.74, 6) is 2.27. The van der Waals surface area contributed by atoms with Crippen LogP contribution in [0, 0.1) is 18.8 Å². The lowest BCUT2D eigenvalue weighted by Gasteiger charge is -2.38. The van der Waals surface area contributed by atoms with E-state index in [0.29, 0.717) is 5.92 Å². The first kappa shape index (κ1) is 14.4. The molecular formula is C17H26O2. The highest BCUT2D eigenvalue weighted by Crippen LogP contribution is 2.44. The minimum absolute atomic E-state index is 0.706. The van der Waals surface area contributed by atoms with Crippen LogP contribution in [-0.2, 0) is 5.60 Å². The quantitative estimate of drug-likeness (QED) is 0.891. The lowest BCUT2D eigenvalue weighted by atomic mass is 9.71. The Kier molecular flexibility index (Phi) is 4.19. The molecule has 0 atom stereocenters. The Labute approximate surface area is 116 Å². The summed E-state index contributed by atoms with van der Waals surface area (Å²) in [6, 6.07) is 6.08. The highest BCUT2D eigenvalue weighted by Gasteiger charge is 2.37. The molecule has 1 saturated carbocycles. The Morgan fingerprint density at radius 2 is 1.89 bits per heavy atom. The number of aryl methyl sites for hydroxylation is 1. The molecular weight excluding hydrogens is 236 g/mol. The van der Waals surface area contributed by atoms with Crippen LogP contribution in [0.2, 0.25) is 0 Å². The van der Waals surface area contributed by atoms with E-state index in [0.717, 1.165) is 42.9 Å². The van der Waals surface area contributed by atoms with Crippen molar-refractivity contribution in [2.75, 3.05) is 7.11 Å². The van der Waals surface area contributed by atoms with E-state index in [1.54, 1.807) is 7.11 Å². The minimum atomic E-state index is -0.706. The average Bonchev–Trinajstić information content (AvgIpc) is 2.39. The summed E-state index contributed by atoms with van der Waals surface area (Å²) in [7, 11) is 1.68. The Bertz CT molecular complexity index is 429. The molecule has 0 unspecified atom stereocenters. The van der Waals surface area contributed by atoms with Gasteiger partial charge in [-0.2, -0.15) is 0 Å². The number of hydrogen-bond acceptors (Lipinski definition) is 2. The normalized spacial score (nSPS) is 27.6. The standard InChI is InChI=1S/C17H26O2/c1-12(2)14-7-9-17(18,10-8-14)15-11-13(3)5-6-16(15)19-4/h5-6,11-12,14,18H,7-10H2,1-4H3. The first-order valence-corrected chi connectivity index (χ1v) is 7.34. The Balaban J connectivity index is 2.24. The van der Waals surface area contributed by atoms with Crippen LogP contribution in [0.1, 0.15) is 50.7 Å². The minimum Gasteiger partial charge on any atom is -0.496 e. The third-order valence-corrected chi connectivity index (χ3v) is 4.66. The fourth-order valence-corrected chi connectivity index (χ4v) is 3.24.